The van der Waals surface area contributed by atoms with Crippen LogP contribution in [0.25, 0.3) is 0 Å². The van der Waals surface area contributed by atoms with E-state index in [2.05, 4.69) is 15.3 Å². The number of carbonyl (C=O) groups excluding carboxylic acids is 1. The lowest BCUT2D eigenvalue weighted by atomic mass is 10.1. The van der Waals surface area contributed by atoms with Crippen molar-refractivity contribution in [3.05, 3.63) is 27.4 Å². The number of ether oxygens (including phenoxy) is 2. The first-order chi connectivity index (χ1) is 11.9. The van der Waals surface area contributed by atoms with Crippen molar-refractivity contribution in [2.75, 3.05) is 13.2 Å². The number of rotatable bonds is 3. The summed E-state index contributed by atoms with van der Waals surface area (Å²) in [6.45, 7) is 3.65. The molecule has 1 aromatic heterocycles. The smallest absolute Gasteiger partial charge is 0.290 e. The van der Waals surface area contributed by atoms with Gasteiger partial charge in [0.25, 0.3) is 12.0 Å². The van der Waals surface area contributed by atoms with E-state index in [9.17, 15) is 14.7 Å². The summed E-state index contributed by atoms with van der Waals surface area (Å²) in [5.74, 6) is 0.227. The highest BCUT2D eigenvalue weighted by Gasteiger charge is 2.47. The summed E-state index contributed by atoms with van der Waals surface area (Å²) in [5, 5.41) is 19.4. The number of carboxylic acid groups (broad SMARTS) is 1. The second kappa shape index (κ2) is 8.19. The molecule has 138 valence electrons. The molecular formula is C15H21N3O7. The number of aromatic nitrogens is 2. The minimum absolute atomic E-state index is 0.0507. The SMILES string of the molecule is Cc1nc(C)c(CC(=O)N[C@H]2CO[C@H]3[C@@H]2OC[C@@H]3O)c(=O)[nH]1.O=CO. The molecule has 3 heterocycles. The Labute approximate surface area is 143 Å². The molecular weight excluding hydrogens is 334 g/mol. The van der Waals surface area contributed by atoms with Crippen LogP contribution in [0.3, 0.4) is 0 Å². The Kier molecular flexibility index (Phi) is 6.23. The maximum atomic E-state index is 12.2. The fraction of sp³-hybridized carbons (Fsp3) is 0.600. The minimum atomic E-state index is -0.654. The number of nitrogens with zero attached hydrogens (tertiary/aromatic N) is 1. The van der Waals surface area contributed by atoms with Gasteiger partial charge in [-0.3, -0.25) is 14.4 Å². The Balaban J connectivity index is 0.000000701. The van der Waals surface area contributed by atoms with Gasteiger partial charge in [0, 0.05) is 11.3 Å². The number of amides is 1. The monoisotopic (exact) mass is 355 g/mol. The summed E-state index contributed by atoms with van der Waals surface area (Å²) >= 11 is 0. The van der Waals surface area contributed by atoms with E-state index in [1.807, 2.05) is 0 Å². The van der Waals surface area contributed by atoms with Gasteiger partial charge in [0.15, 0.2) is 0 Å². The van der Waals surface area contributed by atoms with Crippen molar-refractivity contribution in [1.82, 2.24) is 15.3 Å². The van der Waals surface area contributed by atoms with Crippen molar-refractivity contribution in [1.29, 1.82) is 0 Å². The molecule has 10 nitrogen and oxygen atoms in total. The first kappa shape index (κ1) is 19.0. The number of aryl methyl sites for hydroxylation is 2. The van der Waals surface area contributed by atoms with Gasteiger partial charge in [-0.05, 0) is 13.8 Å². The molecule has 2 aliphatic rings. The summed E-state index contributed by atoms with van der Waals surface area (Å²) in [7, 11) is 0. The van der Waals surface area contributed by atoms with Crippen LogP contribution in [0.1, 0.15) is 17.1 Å². The average molecular weight is 355 g/mol. The van der Waals surface area contributed by atoms with Crippen molar-refractivity contribution < 1.29 is 29.3 Å². The normalized spacial score (nSPS) is 27.2. The summed E-state index contributed by atoms with van der Waals surface area (Å²) < 4.78 is 10.9. The Morgan fingerprint density at radius 3 is 2.64 bits per heavy atom. The molecule has 2 aliphatic heterocycles. The molecule has 25 heavy (non-hydrogen) atoms. The molecule has 1 aromatic rings. The van der Waals surface area contributed by atoms with E-state index in [1.165, 1.54) is 0 Å². The highest BCUT2D eigenvalue weighted by atomic mass is 16.6. The zero-order valence-corrected chi connectivity index (χ0v) is 13.9. The van der Waals surface area contributed by atoms with Gasteiger partial charge >= 0.3 is 0 Å². The van der Waals surface area contributed by atoms with Gasteiger partial charge in [-0.25, -0.2) is 4.98 Å². The standard InChI is InChI=1S/C14H19N3O5.CH2O2/c1-6-8(14(20)16-7(2)15-6)3-11(19)17-9-4-21-13-10(18)5-22-12(9)13;2-1-3/h9-10,12-13,18H,3-5H2,1-2H3,(H,17,19)(H,15,16,20);1H,(H,2,3)/t9-,10-,12+,13+;/m0./s1. The van der Waals surface area contributed by atoms with Gasteiger partial charge in [-0.2, -0.15) is 0 Å². The third-order valence-electron chi connectivity index (χ3n) is 4.05. The number of nitrogens with one attached hydrogen (secondary N) is 2. The predicted octanol–water partition coefficient (Wildman–Crippen LogP) is -1.73. The maximum Gasteiger partial charge on any atom is 0.290 e. The zero-order valence-electron chi connectivity index (χ0n) is 13.9. The summed E-state index contributed by atoms with van der Waals surface area (Å²) in [5.41, 5.74) is 0.601. The van der Waals surface area contributed by atoms with Crippen LogP contribution in [0.15, 0.2) is 4.79 Å². The molecule has 0 aromatic carbocycles. The van der Waals surface area contributed by atoms with E-state index in [-0.39, 0.29) is 43.1 Å². The van der Waals surface area contributed by atoms with Crippen LogP contribution in [0, 0.1) is 13.8 Å². The average Bonchev–Trinajstić information content (AvgIpc) is 3.08. The Hall–Kier alpha value is -2.30. The number of hydrogen-bond acceptors (Lipinski definition) is 7. The van der Waals surface area contributed by atoms with Gasteiger partial charge in [0.2, 0.25) is 5.91 Å². The van der Waals surface area contributed by atoms with Crippen LogP contribution < -0.4 is 10.9 Å². The van der Waals surface area contributed by atoms with E-state index >= 15 is 0 Å². The Morgan fingerprint density at radius 1 is 1.36 bits per heavy atom. The molecule has 4 atom stereocenters. The van der Waals surface area contributed by atoms with E-state index in [4.69, 9.17) is 19.4 Å². The lowest BCUT2D eigenvalue weighted by Crippen LogP contribution is -2.45. The summed E-state index contributed by atoms with van der Waals surface area (Å²) in [4.78, 5) is 39.2. The van der Waals surface area contributed by atoms with Crippen molar-refractivity contribution in [3.63, 3.8) is 0 Å². The van der Waals surface area contributed by atoms with Gasteiger partial charge in [-0.1, -0.05) is 0 Å². The molecule has 10 heteroatoms. The van der Waals surface area contributed by atoms with E-state index in [0.29, 0.717) is 23.7 Å². The topological polar surface area (TPSA) is 151 Å². The third kappa shape index (κ3) is 4.41. The van der Waals surface area contributed by atoms with Crippen LogP contribution in [0.2, 0.25) is 0 Å². The number of H-pyrrole nitrogens is 1. The second-order valence-corrected chi connectivity index (χ2v) is 5.83. The van der Waals surface area contributed by atoms with Gasteiger partial charge in [0.05, 0.1) is 25.7 Å². The van der Waals surface area contributed by atoms with Crippen LogP contribution >= 0.6 is 0 Å². The van der Waals surface area contributed by atoms with Crippen molar-refractivity contribution in [2.45, 2.75) is 44.6 Å². The molecule has 4 N–H and O–H groups in total. The molecule has 3 rings (SSSR count). The van der Waals surface area contributed by atoms with Crippen molar-refractivity contribution in [3.8, 4) is 0 Å². The maximum absolute atomic E-state index is 12.2. The number of fused-ring (bicyclic) bond motifs is 1. The molecule has 2 fully saturated rings. The molecule has 0 unspecified atom stereocenters. The molecule has 1 amide bonds. The number of aromatic amines is 1. The van der Waals surface area contributed by atoms with Crippen LogP contribution in [-0.4, -0.2) is 70.1 Å². The van der Waals surface area contributed by atoms with Gasteiger partial charge in [0.1, 0.15) is 24.1 Å². The Morgan fingerprint density at radius 2 is 2.00 bits per heavy atom. The van der Waals surface area contributed by atoms with Crippen molar-refractivity contribution in [2.24, 2.45) is 0 Å². The number of aliphatic hydroxyl groups is 1. The Bertz CT molecular complexity index is 690. The lowest BCUT2D eigenvalue weighted by Gasteiger charge is -2.17. The van der Waals surface area contributed by atoms with Crippen LogP contribution in [-0.2, 0) is 25.5 Å². The molecule has 2 saturated heterocycles. The fourth-order valence-corrected chi connectivity index (χ4v) is 2.98. The zero-order chi connectivity index (χ0) is 18.6. The third-order valence-corrected chi connectivity index (χ3v) is 4.05. The van der Waals surface area contributed by atoms with Crippen LogP contribution in [0.5, 0.6) is 0 Å². The quantitative estimate of drug-likeness (QED) is 0.467. The molecule has 0 aliphatic carbocycles. The first-order valence-electron chi connectivity index (χ1n) is 7.72. The van der Waals surface area contributed by atoms with Gasteiger partial charge in [-0.15, -0.1) is 0 Å². The number of hydrogen-bond donors (Lipinski definition) is 4. The second-order valence-electron chi connectivity index (χ2n) is 5.83. The summed E-state index contributed by atoms with van der Waals surface area (Å²) in [6, 6.07) is -0.313. The highest BCUT2D eigenvalue weighted by molar-refractivity contribution is 5.79. The molecule has 0 radical (unpaired) electrons. The minimum Gasteiger partial charge on any atom is -0.483 e. The first-order valence-corrected chi connectivity index (χ1v) is 7.72. The van der Waals surface area contributed by atoms with Crippen molar-refractivity contribution >= 4 is 12.4 Å². The lowest BCUT2D eigenvalue weighted by molar-refractivity contribution is -0.123. The number of aliphatic hydroxyl groups excluding tert-OH is 1. The van der Waals surface area contributed by atoms with Gasteiger partial charge < -0.3 is 30.0 Å². The molecule has 0 bridgehead atoms. The number of carbonyl (C=O) groups is 2. The van der Waals surface area contributed by atoms with Crippen LogP contribution in [0.4, 0.5) is 0 Å². The molecule has 0 saturated carbocycles. The van der Waals surface area contributed by atoms with E-state index in [1.54, 1.807) is 13.8 Å². The molecule has 0 spiro atoms. The largest absolute Gasteiger partial charge is 0.483 e. The summed E-state index contributed by atoms with van der Waals surface area (Å²) in [6.07, 6.45) is -1.44. The van der Waals surface area contributed by atoms with E-state index < -0.39 is 12.2 Å². The predicted molar refractivity (Wildman–Crippen MR) is 84.1 cm³/mol. The highest BCUT2D eigenvalue weighted by Crippen LogP contribution is 2.26. The van der Waals surface area contributed by atoms with E-state index in [0.717, 1.165) is 0 Å². The fourth-order valence-electron chi connectivity index (χ4n) is 2.98.